The van der Waals surface area contributed by atoms with Crippen LogP contribution < -0.4 is 27.8 Å². The molecule has 0 bridgehead atoms. The van der Waals surface area contributed by atoms with E-state index in [1.807, 2.05) is 4.90 Å². The number of nitro groups is 5. The minimum absolute atomic E-state index is 0.0455. The molecule has 1 aliphatic rings. The SMILES string of the molecule is Nc1c([N+](=O)[O-])cccc1S(=O)(=O)O.Nc1cc([N+](=O)[O-])ccc1S(=O)(=O)O.Nc1ccc(S(=O)(=O)O)c([N+](=O)[O-])c1.Nc1cccc(S(=O)(=O)O)c1[N+](=O)[O-].O=[N+]([O-])c1cc(S(=O)(=O)O)ccc1N1CCCCC1. The van der Waals surface area contributed by atoms with E-state index >= 15 is 0 Å². The van der Waals surface area contributed by atoms with E-state index in [1.165, 1.54) is 24.3 Å². The maximum Gasteiger partial charge on any atom is 0.313 e. The third-order valence-corrected chi connectivity index (χ3v) is 13.6. The molecule has 408 valence electrons. The summed E-state index contributed by atoms with van der Waals surface area (Å²) >= 11 is 0. The number of nitrogen functional groups attached to an aromatic ring is 4. The number of nitrogens with two attached hydrogens (primary N) is 4. The molecule has 1 heterocycles. The Morgan fingerprint density at radius 3 is 1.33 bits per heavy atom. The van der Waals surface area contributed by atoms with Crippen LogP contribution in [0.4, 0.5) is 56.9 Å². The number of benzene rings is 5. The number of non-ortho nitro benzene ring substituents is 1. The van der Waals surface area contributed by atoms with E-state index in [-0.39, 0.29) is 28.4 Å². The van der Waals surface area contributed by atoms with Crippen molar-refractivity contribution in [2.45, 2.75) is 43.7 Å². The van der Waals surface area contributed by atoms with Gasteiger partial charge in [-0.05, 0) is 67.8 Å². The van der Waals surface area contributed by atoms with Crippen LogP contribution in [0, 0.1) is 50.6 Å². The molecule has 13 N–H and O–H groups in total. The van der Waals surface area contributed by atoms with Gasteiger partial charge in [-0.25, -0.2) is 0 Å². The van der Waals surface area contributed by atoms with Gasteiger partial charge >= 0.3 is 25.9 Å². The van der Waals surface area contributed by atoms with Gasteiger partial charge in [-0.15, -0.1) is 0 Å². The first-order valence-electron chi connectivity index (χ1n) is 19.3. The molecule has 0 aromatic heterocycles. The summed E-state index contributed by atoms with van der Waals surface area (Å²) in [4.78, 5) is 47.1. The predicted octanol–water partition coefficient (Wildman–Crippen LogP) is 3.53. The molecule has 0 radical (unpaired) electrons. The van der Waals surface area contributed by atoms with Crippen molar-refractivity contribution in [3.8, 4) is 0 Å². The minimum Gasteiger partial charge on any atom is -0.399 e. The summed E-state index contributed by atoms with van der Waals surface area (Å²) in [6, 6.07) is 15.5. The van der Waals surface area contributed by atoms with Crippen LogP contribution in [0.1, 0.15) is 19.3 Å². The molecule has 5 aromatic carbocycles. The van der Waals surface area contributed by atoms with Crippen LogP contribution in [0.25, 0.3) is 0 Å². The normalized spacial score (nSPS) is 12.5. The van der Waals surface area contributed by atoms with E-state index in [0.29, 0.717) is 18.8 Å². The molecule has 0 saturated carbocycles. The van der Waals surface area contributed by atoms with Gasteiger partial charge < -0.3 is 27.8 Å². The first kappa shape index (κ1) is 62.8. The zero-order valence-electron chi connectivity index (χ0n) is 37.1. The van der Waals surface area contributed by atoms with Gasteiger partial charge in [-0.3, -0.25) is 73.3 Å². The summed E-state index contributed by atoms with van der Waals surface area (Å²) in [5.41, 5.74) is 17.3. The van der Waals surface area contributed by atoms with Gasteiger partial charge in [0.25, 0.3) is 53.1 Å². The van der Waals surface area contributed by atoms with Crippen molar-refractivity contribution in [2.75, 3.05) is 40.9 Å². The fourth-order valence-electron chi connectivity index (χ4n) is 5.85. The largest absolute Gasteiger partial charge is 0.399 e. The van der Waals surface area contributed by atoms with E-state index in [4.69, 9.17) is 45.7 Å². The van der Waals surface area contributed by atoms with Crippen LogP contribution in [0.5, 0.6) is 0 Å². The Hall–Kier alpha value is -8.35. The Morgan fingerprint density at radius 1 is 0.427 bits per heavy atom. The zero-order valence-corrected chi connectivity index (χ0v) is 41.2. The van der Waals surface area contributed by atoms with E-state index in [1.54, 1.807) is 0 Å². The topological polar surface area (TPSA) is 595 Å². The average Bonchev–Trinajstić information content (AvgIpc) is 3.28. The molecule has 0 spiro atoms. The van der Waals surface area contributed by atoms with Crippen molar-refractivity contribution in [2.24, 2.45) is 0 Å². The van der Waals surface area contributed by atoms with Crippen molar-refractivity contribution in [3.05, 3.63) is 142 Å². The summed E-state index contributed by atoms with van der Waals surface area (Å²) in [6.07, 6.45) is 3.00. The Labute approximate surface area is 421 Å². The van der Waals surface area contributed by atoms with E-state index < -0.39 is 122 Å². The van der Waals surface area contributed by atoms with Crippen molar-refractivity contribution < 1.29 is 89.5 Å². The third-order valence-electron chi connectivity index (χ3n) is 9.09. The first-order valence-corrected chi connectivity index (χ1v) is 26.5. The summed E-state index contributed by atoms with van der Waals surface area (Å²) < 4.78 is 151. The van der Waals surface area contributed by atoms with E-state index in [0.717, 1.165) is 86.0 Å². The van der Waals surface area contributed by atoms with Crippen molar-refractivity contribution >= 4 is 107 Å². The van der Waals surface area contributed by atoms with Gasteiger partial charge in [-0.1, -0.05) is 12.1 Å². The lowest BCUT2D eigenvalue weighted by Crippen LogP contribution is -2.30. The maximum absolute atomic E-state index is 11.0. The molecule has 0 unspecified atom stereocenters. The van der Waals surface area contributed by atoms with Crippen LogP contribution in [0.2, 0.25) is 0 Å². The molecule has 0 amide bonds. The highest BCUT2D eigenvalue weighted by Gasteiger charge is 2.28. The van der Waals surface area contributed by atoms with Crippen molar-refractivity contribution in [3.63, 3.8) is 0 Å². The van der Waals surface area contributed by atoms with E-state index in [2.05, 4.69) is 0 Å². The van der Waals surface area contributed by atoms with Crippen molar-refractivity contribution in [1.29, 1.82) is 0 Å². The van der Waals surface area contributed by atoms with Crippen LogP contribution in [-0.4, -0.2) is 103 Å². The number of rotatable bonds is 11. The lowest BCUT2D eigenvalue weighted by atomic mass is 10.1. The summed E-state index contributed by atoms with van der Waals surface area (Å²) in [6.45, 7) is 1.43. The lowest BCUT2D eigenvalue weighted by molar-refractivity contribution is -0.387. The Balaban J connectivity index is 0.000000323. The smallest absolute Gasteiger partial charge is 0.313 e. The molecule has 0 aliphatic carbocycles. The quantitative estimate of drug-likeness (QED) is 0.0395. The molecular formula is C35H38N10O25S5. The molecule has 5 aromatic rings. The lowest BCUT2D eigenvalue weighted by Gasteiger charge is -2.28. The second-order valence-corrected chi connectivity index (χ2v) is 21.2. The predicted molar refractivity (Wildman–Crippen MR) is 258 cm³/mol. The number of piperidine rings is 1. The molecule has 40 heteroatoms. The van der Waals surface area contributed by atoms with Crippen LogP contribution in [-0.2, 0) is 50.6 Å². The molecule has 6 rings (SSSR count). The average molecular weight is 1160 g/mol. The Kier molecular flexibility index (Phi) is 21.0. The van der Waals surface area contributed by atoms with Crippen LogP contribution >= 0.6 is 0 Å². The molecule has 75 heavy (non-hydrogen) atoms. The van der Waals surface area contributed by atoms with Crippen LogP contribution in [0.15, 0.2) is 115 Å². The summed E-state index contributed by atoms with van der Waals surface area (Å²) in [5, 5.41) is 52.5. The Bertz CT molecular complexity index is 3620. The minimum atomic E-state index is -4.62. The molecule has 1 fully saturated rings. The van der Waals surface area contributed by atoms with E-state index in [9.17, 15) is 92.7 Å². The fourth-order valence-corrected chi connectivity index (χ4v) is 8.91. The number of nitrogens with zero attached hydrogens (tertiary/aromatic N) is 6. The van der Waals surface area contributed by atoms with Crippen LogP contribution in [0.3, 0.4) is 0 Å². The second-order valence-electron chi connectivity index (χ2n) is 14.2. The number of para-hydroxylation sites is 2. The molecule has 0 atom stereocenters. The number of hydrogen-bond donors (Lipinski definition) is 9. The maximum atomic E-state index is 11.0. The highest BCUT2D eigenvalue weighted by Crippen LogP contribution is 2.33. The first-order chi connectivity index (χ1) is 34.2. The number of hydrogen-bond acceptors (Lipinski definition) is 25. The van der Waals surface area contributed by atoms with Gasteiger partial charge in [0.1, 0.15) is 31.7 Å². The Morgan fingerprint density at radius 2 is 0.907 bits per heavy atom. The number of anilines is 5. The monoisotopic (exact) mass is 1160 g/mol. The third kappa shape index (κ3) is 18.3. The molecule has 35 nitrogen and oxygen atoms in total. The highest BCUT2D eigenvalue weighted by molar-refractivity contribution is 7.87. The zero-order chi connectivity index (χ0) is 57.8. The summed E-state index contributed by atoms with van der Waals surface area (Å²) in [7, 11) is -22.6. The van der Waals surface area contributed by atoms with Gasteiger partial charge in [0.2, 0.25) is 0 Å². The standard InChI is InChI=1S/C11H14N2O5S.4C6H6N2O5S/c14-13(15)11-8-9(19(16,17)18)4-5-10(11)12-6-2-1-3-7-12;7-5-3-4(8(9)10)1-2-6(5)14(11,12)13;7-4-1-2-6(14(11,12)13)5(3-4)8(9)10;7-6-4(8(9)10)2-1-3-5(6)14(11,12)13;7-4-2-1-3-5(14(11,12)13)6(4)8(9)10/h4-5,8H,1-3,6-7H2,(H,16,17,18);4*1-3H,7H2,(H,11,12,13). The fraction of sp³-hybridized carbons (Fsp3) is 0.143. The van der Waals surface area contributed by atoms with Gasteiger partial charge in [0.15, 0.2) is 9.79 Å². The molecule has 1 aliphatic heterocycles. The second kappa shape index (κ2) is 25.1. The highest BCUT2D eigenvalue weighted by atomic mass is 32.2. The van der Waals surface area contributed by atoms with Gasteiger partial charge in [0.05, 0.1) is 30.3 Å². The number of nitro benzene ring substituents is 5. The van der Waals surface area contributed by atoms with Gasteiger partial charge in [-0.2, -0.15) is 42.1 Å². The summed E-state index contributed by atoms with van der Waals surface area (Å²) in [5.74, 6) is 0. The van der Waals surface area contributed by atoms with Gasteiger partial charge in [0, 0.05) is 49.1 Å². The molecular weight excluding hydrogens is 1120 g/mol. The molecule has 1 saturated heterocycles. The van der Waals surface area contributed by atoms with Crippen molar-refractivity contribution in [1.82, 2.24) is 0 Å².